The summed E-state index contributed by atoms with van der Waals surface area (Å²) in [5.41, 5.74) is 0.945. The highest BCUT2D eigenvalue weighted by atomic mass is 32.1. The number of phosphoric acid groups is 1. The van der Waals surface area contributed by atoms with Crippen LogP contribution in [-0.2, 0) is 23.4 Å². The number of thiocarbonyl (C=S) groups is 1. The molecule has 1 atom stereocenters. The summed E-state index contributed by atoms with van der Waals surface area (Å²) in [6, 6.07) is 0. The zero-order valence-corrected chi connectivity index (χ0v) is 16.6. The third-order valence-corrected chi connectivity index (χ3v) is 3.61. The molecule has 0 heterocycles. The molecule has 8 nitrogen and oxygen atoms in total. The quantitative estimate of drug-likeness (QED) is 0.201. The number of hydrogen-bond acceptors (Lipinski definition) is 6. The van der Waals surface area contributed by atoms with E-state index in [0.717, 1.165) is 11.6 Å². The van der Waals surface area contributed by atoms with Gasteiger partial charge in [0.05, 0.1) is 13.7 Å². The van der Waals surface area contributed by atoms with E-state index in [4.69, 9.17) is 14.5 Å². The number of hydrogen-bond donors (Lipinski definition) is 3. The minimum Gasteiger partial charge on any atom is -0.474 e. The highest BCUT2D eigenvalue weighted by Gasteiger charge is 2.12. The lowest BCUT2D eigenvalue weighted by Crippen LogP contribution is -2.26. The Kier molecular flexibility index (Phi) is 11.7. The summed E-state index contributed by atoms with van der Waals surface area (Å²) >= 11 is 4.58. The molecule has 0 spiro atoms. The number of carbonyl (C=O) groups excluding carboxylic acids is 1. The van der Waals surface area contributed by atoms with Crippen LogP contribution < -0.4 is 5.32 Å². The van der Waals surface area contributed by atoms with Crippen molar-refractivity contribution in [3.05, 3.63) is 48.3 Å². The number of allylic oxidation sites excluding steroid dienone is 5. The zero-order valence-electron chi connectivity index (χ0n) is 14.9. The minimum absolute atomic E-state index is 0.131. The smallest absolute Gasteiger partial charge is 0.469 e. The molecule has 10 heteroatoms. The number of esters is 1. The lowest BCUT2D eigenvalue weighted by Gasteiger charge is -2.07. The van der Waals surface area contributed by atoms with Crippen molar-refractivity contribution in [2.24, 2.45) is 5.92 Å². The lowest BCUT2D eigenvalue weighted by atomic mass is 10.1. The molecular weight excluding hydrogens is 381 g/mol. The summed E-state index contributed by atoms with van der Waals surface area (Å²) in [7, 11) is -2.97. The van der Waals surface area contributed by atoms with Crippen LogP contribution in [0.15, 0.2) is 48.3 Å². The van der Waals surface area contributed by atoms with Crippen LogP contribution >= 0.6 is 20.0 Å². The first-order valence-electron chi connectivity index (χ1n) is 7.52. The molecule has 1 aliphatic rings. The normalized spacial score (nSPS) is 16.1. The van der Waals surface area contributed by atoms with E-state index in [1.165, 1.54) is 7.11 Å². The van der Waals surface area contributed by atoms with Gasteiger partial charge in [-0.2, -0.15) is 0 Å². The van der Waals surface area contributed by atoms with Crippen molar-refractivity contribution in [1.29, 1.82) is 0 Å². The molecule has 1 aliphatic carbocycles. The van der Waals surface area contributed by atoms with Crippen molar-refractivity contribution in [1.82, 2.24) is 5.32 Å². The van der Waals surface area contributed by atoms with Gasteiger partial charge in [0.1, 0.15) is 5.76 Å². The molecule has 0 bridgehead atoms. The van der Waals surface area contributed by atoms with Crippen molar-refractivity contribution in [3.8, 4) is 0 Å². The fourth-order valence-electron chi connectivity index (χ4n) is 1.47. The van der Waals surface area contributed by atoms with Crippen LogP contribution in [0.3, 0.4) is 0 Å². The maximum Gasteiger partial charge on any atom is 0.469 e. The number of phosphoric ester groups is 1. The summed E-state index contributed by atoms with van der Waals surface area (Å²) in [5, 5.41) is 2.70. The lowest BCUT2D eigenvalue weighted by molar-refractivity contribution is -0.133. The van der Waals surface area contributed by atoms with Crippen molar-refractivity contribution >= 4 is 31.2 Å². The van der Waals surface area contributed by atoms with Gasteiger partial charge in [0, 0.05) is 12.6 Å². The summed E-state index contributed by atoms with van der Waals surface area (Å²) in [5.74, 6) is 0.535. The molecule has 0 aromatic heterocycles. The Labute approximate surface area is 158 Å². The molecule has 0 aromatic rings. The predicted molar refractivity (Wildman–Crippen MR) is 102 cm³/mol. The SMILES string of the molecule is C=CC(=O)OC1=C(C)C=CC(C)C=C1.COC(=S)NCCOP(=O)(O)O. The Morgan fingerprint density at radius 3 is 2.58 bits per heavy atom. The second kappa shape index (κ2) is 12.6. The minimum atomic E-state index is -4.36. The molecule has 0 aromatic carbocycles. The van der Waals surface area contributed by atoms with Gasteiger partial charge in [-0.05, 0) is 36.7 Å². The number of methoxy groups -OCH3 is 1. The van der Waals surface area contributed by atoms with Crippen LogP contribution in [0, 0.1) is 5.92 Å². The van der Waals surface area contributed by atoms with Gasteiger partial charge in [-0.15, -0.1) is 0 Å². The fourth-order valence-corrected chi connectivity index (χ4v) is 1.90. The van der Waals surface area contributed by atoms with E-state index in [2.05, 4.69) is 46.4 Å². The largest absolute Gasteiger partial charge is 0.474 e. The number of ether oxygens (including phenoxy) is 2. The van der Waals surface area contributed by atoms with E-state index in [-0.39, 0.29) is 18.3 Å². The van der Waals surface area contributed by atoms with Gasteiger partial charge in [0.2, 0.25) is 0 Å². The Morgan fingerprint density at radius 1 is 1.42 bits per heavy atom. The molecule has 0 amide bonds. The van der Waals surface area contributed by atoms with Crippen LogP contribution in [-0.4, -0.2) is 41.2 Å². The van der Waals surface area contributed by atoms with Gasteiger partial charge in [0.15, 0.2) is 0 Å². The van der Waals surface area contributed by atoms with E-state index in [0.29, 0.717) is 11.7 Å². The molecule has 1 rings (SSSR count). The van der Waals surface area contributed by atoms with Crippen molar-refractivity contribution in [3.63, 3.8) is 0 Å². The Bertz CT molecular complexity index is 637. The fraction of sp³-hybridized carbons (Fsp3) is 0.375. The Morgan fingerprint density at radius 2 is 2.04 bits per heavy atom. The predicted octanol–water partition coefficient (Wildman–Crippen LogP) is 2.37. The van der Waals surface area contributed by atoms with E-state index >= 15 is 0 Å². The van der Waals surface area contributed by atoms with Gasteiger partial charge in [0.25, 0.3) is 5.17 Å². The second-order valence-corrected chi connectivity index (χ2v) is 6.60. The molecule has 0 saturated carbocycles. The van der Waals surface area contributed by atoms with Crippen molar-refractivity contribution in [2.45, 2.75) is 13.8 Å². The molecule has 26 heavy (non-hydrogen) atoms. The van der Waals surface area contributed by atoms with Crippen LogP contribution in [0.25, 0.3) is 0 Å². The van der Waals surface area contributed by atoms with E-state index in [9.17, 15) is 9.36 Å². The molecule has 0 saturated heterocycles. The highest BCUT2D eigenvalue weighted by Crippen LogP contribution is 2.35. The number of carbonyl (C=O) groups is 1. The summed E-state index contributed by atoms with van der Waals surface area (Å²) in [6.07, 6.45) is 8.98. The summed E-state index contributed by atoms with van der Waals surface area (Å²) in [4.78, 5) is 27.5. The molecule has 1 unspecified atom stereocenters. The van der Waals surface area contributed by atoms with Crippen molar-refractivity contribution in [2.75, 3.05) is 20.3 Å². The molecule has 0 radical (unpaired) electrons. The highest BCUT2D eigenvalue weighted by molar-refractivity contribution is 7.80. The summed E-state index contributed by atoms with van der Waals surface area (Å²) < 4.78 is 23.9. The third-order valence-electron chi connectivity index (χ3n) is 2.78. The first kappa shape index (κ1) is 24.2. The molecule has 146 valence electrons. The van der Waals surface area contributed by atoms with E-state index < -0.39 is 13.8 Å². The monoisotopic (exact) mass is 405 g/mol. The third kappa shape index (κ3) is 12.6. The standard InChI is InChI=1S/C12H14O2.C4H10NO5PS/c1-4-12(13)14-11-8-6-9(2)5-7-10(11)3;1-9-4(12)5-2-3-10-11(6,7)8/h4-9H,1H2,2-3H3;2-3H2,1H3,(H,5,12)(H2,6,7,8). The molecular formula is C16H24NO7PS. The van der Waals surface area contributed by atoms with E-state index in [1.54, 1.807) is 0 Å². The average molecular weight is 405 g/mol. The van der Waals surface area contributed by atoms with Crippen LogP contribution in [0.5, 0.6) is 0 Å². The zero-order chi connectivity index (χ0) is 20.2. The first-order chi connectivity index (χ1) is 12.1. The second-order valence-electron chi connectivity index (χ2n) is 4.99. The molecule has 3 N–H and O–H groups in total. The van der Waals surface area contributed by atoms with Gasteiger partial charge in [-0.25, -0.2) is 9.36 Å². The molecule has 0 aliphatic heterocycles. The average Bonchev–Trinajstić information content (AvgIpc) is 2.73. The number of nitrogens with one attached hydrogen (secondary N) is 1. The molecule has 0 fully saturated rings. The Balaban J connectivity index is 0.000000488. The maximum atomic E-state index is 11.0. The Hall–Kier alpha value is -1.77. The van der Waals surface area contributed by atoms with Crippen LogP contribution in [0.4, 0.5) is 0 Å². The van der Waals surface area contributed by atoms with E-state index in [1.807, 2.05) is 25.2 Å². The van der Waals surface area contributed by atoms with Crippen LogP contribution in [0.1, 0.15) is 13.8 Å². The van der Waals surface area contributed by atoms with Gasteiger partial charge in [-0.1, -0.05) is 31.7 Å². The maximum absolute atomic E-state index is 11.0. The van der Waals surface area contributed by atoms with Crippen molar-refractivity contribution < 1.29 is 33.1 Å². The summed E-state index contributed by atoms with van der Waals surface area (Å²) in [6.45, 7) is 7.39. The topological polar surface area (TPSA) is 114 Å². The van der Waals surface area contributed by atoms with Gasteiger partial charge < -0.3 is 24.6 Å². The van der Waals surface area contributed by atoms with Crippen LogP contribution in [0.2, 0.25) is 0 Å². The first-order valence-corrected chi connectivity index (χ1v) is 9.46. The number of rotatable bonds is 6. The van der Waals surface area contributed by atoms with Gasteiger partial charge >= 0.3 is 13.8 Å². The van der Waals surface area contributed by atoms with Gasteiger partial charge in [-0.3, -0.25) is 4.52 Å².